The number of halogens is 1. The van der Waals surface area contributed by atoms with Crippen molar-refractivity contribution in [3.05, 3.63) is 17.0 Å². The highest BCUT2D eigenvalue weighted by Crippen LogP contribution is 2.28. The van der Waals surface area contributed by atoms with Gasteiger partial charge >= 0.3 is 0 Å². The van der Waals surface area contributed by atoms with E-state index in [2.05, 4.69) is 20.8 Å². The minimum atomic E-state index is 0. The molecule has 0 spiro atoms. The fourth-order valence-corrected chi connectivity index (χ4v) is 2.30. The van der Waals surface area contributed by atoms with Crippen molar-refractivity contribution in [3.63, 3.8) is 0 Å². The Morgan fingerprint density at radius 3 is 2.65 bits per heavy atom. The van der Waals surface area contributed by atoms with E-state index >= 15 is 0 Å². The number of ether oxygens (including phenoxy) is 1. The largest absolute Gasteiger partial charge is 0.381 e. The first kappa shape index (κ1) is 20.2. The van der Waals surface area contributed by atoms with Gasteiger partial charge in [-0.05, 0) is 45.4 Å². The number of hydrogen-bond acceptors (Lipinski definition) is 4. The van der Waals surface area contributed by atoms with Crippen LogP contribution >= 0.6 is 24.0 Å². The summed E-state index contributed by atoms with van der Waals surface area (Å²) in [5.41, 5.74) is 2.14. The van der Waals surface area contributed by atoms with E-state index in [1.165, 1.54) is 18.4 Å². The van der Waals surface area contributed by atoms with Crippen LogP contribution in [0.3, 0.4) is 0 Å². The first-order valence-corrected chi connectivity index (χ1v) is 8.14. The van der Waals surface area contributed by atoms with E-state index in [1.807, 2.05) is 13.8 Å². The van der Waals surface area contributed by atoms with Crippen LogP contribution in [0.15, 0.2) is 9.52 Å². The summed E-state index contributed by atoms with van der Waals surface area (Å²) < 4.78 is 10.8. The Hall–Kier alpha value is -0.830. The van der Waals surface area contributed by atoms with Crippen molar-refractivity contribution in [2.75, 3.05) is 33.4 Å². The third-order valence-electron chi connectivity index (χ3n) is 3.88. The lowest BCUT2D eigenvalue weighted by Crippen LogP contribution is -2.39. The monoisotopic (exact) mass is 436 g/mol. The Balaban J connectivity index is 0.00000264. The van der Waals surface area contributed by atoms with E-state index in [0.717, 1.165) is 62.5 Å². The van der Waals surface area contributed by atoms with Crippen LogP contribution in [0.4, 0.5) is 0 Å². The van der Waals surface area contributed by atoms with Crippen LogP contribution in [-0.4, -0.2) is 44.5 Å². The second-order valence-corrected chi connectivity index (χ2v) is 5.85. The molecule has 0 aliphatic heterocycles. The number of aliphatic imine (C=N–C) groups is 1. The van der Waals surface area contributed by atoms with Crippen molar-refractivity contribution in [3.8, 4) is 0 Å². The number of rotatable bonds is 9. The van der Waals surface area contributed by atoms with Gasteiger partial charge in [-0.25, -0.2) is 0 Å². The van der Waals surface area contributed by atoms with Crippen LogP contribution in [0.2, 0.25) is 0 Å². The van der Waals surface area contributed by atoms with Crippen LogP contribution in [0.1, 0.15) is 36.3 Å². The van der Waals surface area contributed by atoms with Gasteiger partial charge in [0.15, 0.2) is 5.96 Å². The van der Waals surface area contributed by atoms with Crippen LogP contribution in [0.25, 0.3) is 0 Å². The normalized spacial score (nSPS) is 14.5. The van der Waals surface area contributed by atoms with Crippen LogP contribution in [-0.2, 0) is 11.2 Å². The first-order valence-electron chi connectivity index (χ1n) is 8.14. The molecule has 0 unspecified atom stereocenters. The standard InChI is InChI=1S/C16H28N4O2.HI/c1-12-15(13(2)22-20-12)7-9-19-16(17-3)18-8-4-10-21-11-14-5-6-14;/h14H,4-11H2,1-3H3,(H2,17,18,19);1H. The smallest absolute Gasteiger partial charge is 0.190 e. The average Bonchev–Trinajstić information content (AvgIpc) is 3.29. The van der Waals surface area contributed by atoms with Gasteiger partial charge < -0.3 is 19.9 Å². The van der Waals surface area contributed by atoms with Gasteiger partial charge in [0.05, 0.1) is 5.69 Å². The molecule has 1 aromatic heterocycles. The van der Waals surface area contributed by atoms with E-state index in [-0.39, 0.29) is 24.0 Å². The molecule has 0 radical (unpaired) electrons. The maximum Gasteiger partial charge on any atom is 0.190 e. The highest BCUT2D eigenvalue weighted by Gasteiger charge is 2.20. The lowest BCUT2D eigenvalue weighted by Gasteiger charge is -2.11. The summed E-state index contributed by atoms with van der Waals surface area (Å²) >= 11 is 0. The third kappa shape index (κ3) is 7.52. The third-order valence-corrected chi connectivity index (χ3v) is 3.88. The quantitative estimate of drug-likeness (QED) is 0.269. The van der Waals surface area contributed by atoms with Crippen molar-refractivity contribution >= 4 is 29.9 Å². The van der Waals surface area contributed by atoms with Gasteiger partial charge in [-0.2, -0.15) is 0 Å². The molecule has 0 bridgehead atoms. The molecule has 6 nitrogen and oxygen atoms in total. The van der Waals surface area contributed by atoms with E-state index in [4.69, 9.17) is 9.26 Å². The van der Waals surface area contributed by atoms with Gasteiger partial charge in [0.1, 0.15) is 5.76 Å². The zero-order valence-electron chi connectivity index (χ0n) is 14.4. The van der Waals surface area contributed by atoms with Crippen molar-refractivity contribution in [1.29, 1.82) is 0 Å². The second-order valence-electron chi connectivity index (χ2n) is 5.85. The molecule has 1 saturated carbocycles. The summed E-state index contributed by atoms with van der Waals surface area (Å²) in [7, 11) is 1.79. The fraction of sp³-hybridized carbons (Fsp3) is 0.750. The average molecular weight is 436 g/mol. The van der Waals surface area contributed by atoms with E-state index in [9.17, 15) is 0 Å². The molecule has 1 fully saturated rings. The summed E-state index contributed by atoms with van der Waals surface area (Å²) in [6, 6.07) is 0. The van der Waals surface area contributed by atoms with Gasteiger partial charge in [0.2, 0.25) is 0 Å². The van der Waals surface area contributed by atoms with Crippen molar-refractivity contribution in [2.24, 2.45) is 10.9 Å². The number of hydrogen-bond donors (Lipinski definition) is 2. The minimum absolute atomic E-state index is 0. The molecule has 2 N–H and O–H groups in total. The van der Waals surface area contributed by atoms with Crippen LogP contribution in [0.5, 0.6) is 0 Å². The second kappa shape index (κ2) is 10.9. The maximum absolute atomic E-state index is 5.61. The highest BCUT2D eigenvalue weighted by molar-refractivity contribution is 14.0. The van der Waals surface area contributed by atoms with Gasteiger partial charge in [-0.1, -0.05) is 5.16 Å². The molecule has 2 rings (SSSR count). The summed E-state index contributed by atoms with van der Waals surface area (Å²) in [5, 5.41) is 10.6. The minimum Gasteiger partial charge on any atom is -0.381 e. The van der Waals surface area contributed by atoms with Gasteiger partial charge in [0, 0.05) is 38.9 Å². The highest BCUT2D eigenvalue weighted by atomic mass is 127. The van der Waals surface area contributed by atoms with Crippen molar-refractivity contribution in [2.45, 2.75) is 39.5 Å². The number of nitrogens with zero attached hydrogens (tertiary/aromatic N) is 2. The molecule has 1 heterocycles. The predicted molar refractivity (Wildman–Crippen MR) is 103 cm³/mol. The SMILES string of the molecule is CN=C(NCCCOCC1CC1)NCCc1c(C)noc1C.I. The molecule has 1 aliphatic rings. The first-order chi connectivity index (χ1) is 10.7. The van der Waals surface area contributed by atoms with Crippen LogP contribution < -0.4 is 10.6 Å². The Morgan fingerprint density at radius 1 is 1.30 bits per heavy atom. The topological polar surface area (TPSA) is 71.7 Å². The Kier molecular flexibility index (Phi) is 9.54. The Bertz CT molecular complexity index is 467. The van der Waals surface area contributed by atoms with E-state index < -0.39 is 0 Å². The maximum atomic E-state index is 5.61. The summed E-state index contributed by atoms with van der Waals surface area (Å²) in [5.74, 6) is 2.57. The summed E-state index contributed by atoms with van der Waals surface area (Å²) in [4.78, 5) is 4.22. The number of nitrogens with one attached hydrogen (secondary N) is 2. The predicted octanol–water partition coefficient (Wildman–Crippen LogP) is 2.43. The molecule has 23 heavy (non-hydrogen) atoms. The van der Waals surface area contributed by atoms with E-state index in [0.29, 0.717) is 0 Å². The summed E-state index contributed by atoms with van der Waals surface area (Å²) in [6.07, 6.45) is 4.57. The molecule has 7 heteroatoms. The zero-order valence-corrected chi connectivity index (χ0v) is 16.7. The molecular formula is C16H29IN4O2. The number of aromatic nitrogens is 1. The van der Waals surface area contributed by atoms with E-state index in [1.54, 1.807) is 7.05 Å². The lowest BCUT2D eigenvalue weighted by molar-refractivity contribution is 0.123. The Labute approximate surface area is 155 Å². The van der Waals surface area contributed by atoms with Gasteiger partial charge in [-0.3, -0.25) is 4.99 Å². The summed E-state index contributed by atoms with van der Waals surface area (Å²) in [6.45, 7) is 7.35. The molecule has 0 aromatic carbocycles. The lowest BCUT2D eigenvalue weighted by atomic mass is 10.1. The van der Waals surface area contributed by atoms with Crippen molar-refractivity contribution in [1.82, 2.24) is 15.8 Å². The molecule has 1 aliphatic carbocycles. The van der Waals surface area contributed by atoms with Gasteiger partial charge in [0.25, 0.3) is 0 Å². The Morgan fingerprint density at radius 2 is 2.04 bits per heavy atom. The molecule has 0 amide bonds. The number of guanidine groups is 1. The fourth-order valence-electron chi connectivity index (χ4n) is 2.30. The van der Waals surface area contributed by atoms with Crippen molar-refractivity contribution < 1.29 is 9.26 Å². The molecule has 0 saturated heterocycles. The molecule has 0 atom stereocenters. The molecular weight excluding hydrogens is 407 g/mol. The number of aryl methyl sites for hydroxylation is 2. The zero-order chi connectivity index (χ0) is 15.8. The molecule has 132 valence electrons. The van der Waals surface area contributed by atoms with Crippen LogP contribution in [0, 0.1) is 19.8 Å². The molecule has 1 aromatic rings. The van der Waals surface area contributed by atoms with Gasteiger partial charge in [-0.15, -0.1) is 24.0 Å².